The largest absolute Gasteiger partial charge is 0.167 e. The average Bonchev–Trinajstić information content (AvgIpc) is 1.38. The summed E-state index contributed by atoms with van der Waals surface area (Å²) in [6.07, 6.45) is 0. The van der Waals surface area contributed by atoms with E-state index in [0.717, 1.165) is 11.0 Å². The topological polar surface area (TPSA) is 0 Å². The van der Waals surface area contributed by atoms with Gasteiger partial charge in [-0.2, -0.15) is 0 Å². The van der Waals surface area contributed by atoms with Crippen molar-refractivity contribution in [2.24, 2.45) is 0 Å². The van der Waals surface area contributed by atoms with Gasteiger partial charge in [-0.3, -0.25) is 0 Å². The van der Waals surface area contributed by atoms with E-state index in [2.05, 4.69) is 0 Å². The lowest BCUT2D eigenvalue weighted by Gasteiger charge is -1.81. The van der Waals surface area contributed by atoms with Crippen LogP contribution in [0.5, 0.6) is 0 Å². The third-order valence-electron chi connectivity index (χ3n) is 0.0673. The first-order valence-corrected chi connectivity index (χ1v) is 3.41. The zero-order chi connectivity index (χ0) is 4.28. The van der Waals surface area contributed by atoms with Crippen LogP contribution in [0.3, 0.4) is 0 Å². The Kier molecular flexibility index (Phi) is 4.24. The quantitative estimate of drug-likeness (QED) is 0.519. The standard InChI is InChI=1S/CHCl3S/c2-1(3)5-4/h1H. The summed E-state index contributed by atoms with van der Waals surface area (Å²) < 4.78 is -0.489. The Morgan fingerprint density at radius 3 is 1.60 bits per heavy atom. The van der Waals surface area contributed by atoms with Crippen LogP contribution < -0.4 is 0 Å². The number of hydrogen-bond donors (Lipinski definition) is 0. The van der Waals surface area contributed by atoms with Crippen molar-refractivity contribution in [1.82, 2.24) is 0 Å². The molecule has 0 atom stereocenters. The zero-order valence-corrected chi connectivity index (χ0v) is 5.20. The van der Waals surface area contributed by atoms with Gasteiger partial charge in [-0.1, -0.05) is 23.2 Å². The maximum Gasteiger partial charge on any atom is 0.167 e. The molecule has 0 fully saturated rings. The molecule has 0 bridgehead atoms. The summed E-state index contributed by atoms with van der Waals surface area (Å²) in [5.74, 6) is 0. The fourth-order valence-corrected chi connectivity index (χ4v) is 0. The summed E-state index contributed by atoms with van der Waals surface area (Å²) in [5, 5.41) is 0. The molecule has 0 nitrogen and oxygen atoms in total. The van der Waals surface area contributed by atoms with Gasteiger partial charge in [0.15, 0.2) is 4.17 Å². The summed E-state index contributed by atoms with van der Waals surface area (Å²) in [5.41, 5.74) is 0. The van der Waals surface area contributed by atoms with Crippen molar-refractivity contribution in [2.45, 2.75) is 4.17 Å². The van der Waals surface area contributed by atoms with Gasteiger partial charge < -0.3 is 0 Å². The summed E-state index contributed by atoms with van der Waals surface area (Å²) >= 11 is 10.1. The molecule has 0 aromatic rings. The van der Waals surface area contributed by atoms with Gasteiger partial charge in [0.2, 0.25) is 0 Å². The molecule has 0 rings (SSSR count). The van der Waals surface area contributed by atoms with Crippen LogP contribution in [0.1, 0.15) is 0 Å². The lowest BCUT2D eigenvalue weighted by atomic mass is 11.9. The number of hydrogen-bond acceptors (Lipinski definition) is 1. The van der Waals surface area contributed by atoms with Crippen molar-refractivity contribution >= 4 is 44.9 Å². The van der Waals surface area contributed by atoms with Crippen molar-refractivity contribution in [3.8, 4) is 0 Å². The molecule has 5 heavy (non-hydrogen) atoms. The van der Waals surface area contributed by atoms with E-state index in [0.29, 0.717) is 0 Å². The second kappa shape index (κ2) is 3.41. The van der Waals surface area contributed by atoms with Crippen molar-refractivity contribution in [3.05, 3.63) is 0 Å². The van der Waals surface area contributed by atoms with Crippen LogP contribution >= 0.6 is 44.9 Å². The van der Waals surface area contributed by atoms with Gasteiger partial charge in [0.25, 0.3) is 0 Å². The Morgan fingerprint density at radius 1 is 1.40 bits per heavy atom. The molecule has 0 amide bonds. The normalized spacial score (nSPS) is 9.60. The van der Waals surface area contributed by atoms with E-state index in [4.69, 9.17) is 33.9 Å². The molecular formula is CHCl3S. The molecule has 0 saturated heterocycles. The third-order valence-corrected chi connectivity index (χ3v) is 1.82. The average molecular weight is 151 g/mol. The maximum absolute atomic E-state index is 5.06. The van der Waals surface area contributed by atoms with Crippen LogP contribution in [0.25, 0.3) is 0 Å². The van der Waals surface area contributed by atoms with E-state index < -0.39 is 4.17 Å². The first kappa shape index (κ1) is 6.22. The van der Waals surface area contributed by atoms with Gasteiger partial charge >= 0.3 is 0 Å². The second-order valence-electron chi connectivity index (χ2n) is 0.350. The van der Waals surface area contributed by atoms with Gasteiger partial charge in [-0.15, -0.1) is 0 Å². The highest BCUT2D eigenvalue weighted by Gasteiger charge is 1.89. The van der Waals surface area contributed by atoms with Gasteiger partial charge in [-0.05, 0) is 21.7 Å². The number of rotatable bonds is 1. The highest BCUT2D eigenvalue weighted by Crippen LogP contribution is 2.21. The predicted octanol–water partition coefficient (Wildman–Crippen LogP) is 2.63. The Morgan fingerprint density at radius 2 is 1.60 bits per heavy atom. The smallest absolute Gasteiger partial charge is 0.0919 e. The monoisotopic (exact) mass is 150 g/mol. The highest BCUT2D eigenvalue weighted by atomic mass is 35.7. The minimum absolute atomic E-state index is 0.489. The van der Waals surface area contributed by atoms with Crippen LogP contribution in [0.2, 0.25) is 0 Å². The molecule has 0 aromatic carbocycles. The molecule has 0 saturated carbocycles. The van der Waals surface area contributed by atoms with Crippen LogP contribution in [0.4, 0.5) is 0 Å². The van der Waals surface area contributed by atoms with E-state index in [1.165, 1.54) is 0 Å². The SMILES string of the molecule is ClSC(Cl)Cl. The van der Waals surface area contributed by atoms with Crippen LogP contribution in [-0.4, -0.2) is 4.17 Å². The van der Waals surface area contributed by atoms with E-state index in [-0.39, 0.29) is 0 Å². The Bertz CT molecular complexity index is 20.9. The van der Waals surface area contributed by atoms with Gasteiger partial charge in [0, 0.05) is 0 Å². The first-order valence-electron chi connectivity index (χ1n) is 0.826. The molecule has 0 N–H and O–H groups in total. The first-order chi connectivity index (χ1) is 2.27. The zero-order valence-electron chi connectivity index (χ0n) is 2.12. The van der Waals surface area contributed by atoms with Crippen molar-refractivity contribution in [3.63, 3.8) is 0 Å². The Balaban J connectivity index is 2.54. The third kappa shape index (κ3) is 5.22. The summed E-state index contributed by atoms with van der Waals surface area (Å²) in [4.78, 5) is 0. The molecule has 0 aliphatic carbocycles. The molecule has 0 unspecified atom stereocenters. The molecule has 32 valence electrons. The Labute approximate surface area is 49.3 Å². The molecular weight excluding hydrogens is 150 g/mol. The molecule has 0 aliphatic rings. The van der Waals surface area contributed by atoms with E-state index in [1.807, 2.05) is 0 Å². The fourth-order valence-electron chi connectivity index (χ4n) is 0. The van der Waals surface area contributed by atoms with Crippen LogP contribution in [-0.2, 0) is 0 Å². The minimum atomic E-state index is -0.489. The predicted molar refractivity (Wildman–Crippen MR) is 28.9 cm³/mol. The second-order valence-corrected chi connectivity index (χ2v) is 3.15. The molecule has 0 aromatic heterocycles. The summed E-state index contributed by atoms with van der Waals surface area (Å²) in [7, 11) is 5.87. The van der Waals surface area contributed by atoms with Crippen molar-refractivity contribution in [1.29, 1.82) is 0 Å². The molecule has 0 aliphatic heterocycles. The van der Waals surface area contributed by atoms with Gasteiger partial charge in [-0.25, -0.2) is 0 Å². The van der Waals surface area contributed by atoms with Gasteiger partial charge in [0.05, 0.1) is 0 Å². The van der Waals surface area contributed by atoms with E-state index in [1.54, 1.807) is 0 Å². The molecule has 4 heteroatoms. The number of alkyl halides is 2. The van der Waals surface area contributed by atoms with Gasteiger partial charge in [0.1, 0.15) is 0 Å². The molecule has 0 heterocycles. The lowest BCUT2D eigenvalue weighted by molar-refractivity contribution is 2.02. The lowest BCUT2D eigenvalue weighted by Crippen LogP contribution is -1.62. The van der Waals surface area contributed by atoms with Crippen molar-refractivity contribution in [2.75, 3.05) is 0 Å². The Hall–Kier alpha value is 1.22. The highest BCUT2D eigenvalue weighted by molar-refractivity contribution is 8.23. The fraction of sp³-hybridized carbons (Fsp3) is 1.00. The van der Waals surface area contributed by atoms with Crippen LogP contribution in [0.15, 0.2) is 0 Å². The molecule has 0 spiro atoms. The minimum Gasteiger partial charge on any atom is -0.0919 e. The van der Waals surface area contributed by atoms with Crippen molar-refractivity contribution < 1.29 is 0 Å². The summed E-state index contributed by atoms with van der Waals surface area (Å²) in [6, 6.07) is 0. The summed E-state index contributed by atoms with van der Waals surface area (Å²) in [6.45, 7) is 0. The molecule has 0 radical (unpaired) electrons. The maximum atomic E-state index is 5.06. The van der Waals surface area contributed by atoms with Crippen LogP contribution in [0, 0.1) is 0 Å². The number of halogens is 3. The van der Waals surface area contributed by atoms with E-state index in [9.17, 15) is 0 Å². The van der Waals surface area contributed by atoms with E-state index >= 15 is 0 Å².